The normalized spacial score (nSPS) is 10.5. The largest absolute Gasteiger partial charge is 0.322 e. The minimum atomic E-state index is -0.487. The van der Waals surface area contributed by atoms with Crippen molar-refractivity contribution in [3.05, 3.63) is 112 Å². The molecule has 0 fully saturated rings. The fraction of sp³-hybridized carbons (Fsp3) is 0.0400. The molecule has 0 bridgehead atoms. The van der Waals surface area contributed by atoms with Crippen molar-refractivity contribution in [3.63, 3.8) is 0 Å². The van der Waals surface area contributed by atoms with Crippen LogP contribution >= 0.6 is 0 Å². The summed E-state index contributed by atoms with van der Waals surface area (Å²) in [4.78, 5) is 35.6. The van der Waals surface area contributed by atoms with Gasteiger partial charge in [-0.2, -0.15) is 0 Å². The first-order chi connectivity index (χ1) is 15.4. The Balaban J connectivity index is 1.46. The van der Waals surface area contributed by atoms with Crippen LogP contribution in [0.4, 0.5) is 17.1 Å². The molecule has 4 aromatic rings. The van der Waals surface area contributed by atoms with Crippen molar-refractivity contribution < 1.29 is 14.5 Å². The lowest BCUT2D eigenvalue weighted by Crippen LogP contribution is -2.14. The topological polar surface area (TPSA) is 101 Å². The second kappa shape index (κ2) is 8.69. The molecule has 0 unspecified atom stereocenters. The Morgan fingerprint density at radius 2 is 1.44 bits per heavy atom. The Kier molecular flexibility index (Phi) is 5.63. The SMILES string of the molecule is Cc1cc(C(=O)Nc2ccc(C(=O)Nc3cccc4ccccc34)cc2)ccc1[N+](=O)[O-]. The van der Waals surface area contributed by atoms with Crippen LogP contribution in [0.5, 0.6) is 0 Å². The number of anilines is 2. The number of nitro groups is 1. The summed E-state index contributed by atoms with van der Waals surface area (Å²) >= 11 is 0. The van der Waals surface area contributed by atoms with Gasteiger partial charge in [-0.25, -0.2) is 0 Å². The molecule has 32 heavy (non-hydrogen) atoms. The van der Waals surface area contributed by atoms with Crippen molar-refractivity contribution in [2.24, 2.45) is 0 Å². The molecule has 0 aliphatic heterocycles. The first kappa shape index (κ1) is 20.7. The number of amides is 2. The lowest BCUT2D eigenvalue weighted by Gasteiger charge is -2.10. The Labute approximate surface area is 183 Å². The zero-order valence-corrected chi connectivity index (χ0v) is 17.2. The molecule has 0 heterocycles. The van der Waals surface area contributed by atoms with Gasteiger partial charge in [0.15, 0.2) is 0 Å². The molecule has 4 aromatic carbocycles. The molecule has 0 spiro atoms. The van der Waals surface area contributed by atoms with Crippen molar-refractivity contribution >= 4 is 39.6 Å². The first-order valence-electron chi connectivity index (χ1n) is 9.88. The van der Waals surface area contributed by atoms with E-state index in [-0.39, 0.29) is 11.6 Å². The van der Waals surface area contributed by atoms with Gasteiger partial charge in [-0.15, -0.1) is 0 Å². The van der Waals surface area contributed by atoms with Crippen LogP contribution < -0.4 is 10.6 Å². The van der Waals surface area contributed by atoms with Gasteiger partial charge in [0.05, 0.1) is 4.92 Å². The van der Waals surface area contributed by atoms with Crippen molar-refractivity contribution in [1.29, 1.82) is 0 Å². The van der Waals surface area contributed by atoms with Gasteiger partial charge in [-0.1, -0.05) is 36.4 Å². The predicted molar refractivity (Wildman–Crippen MR) is 124 cm³/mol. The highest BCUT2D eigenvalue weighted by atomic mass is 16.6. The fourth-order valence-corrected chi connectivity index (χ4v) is 3.44. The number of aryl methyl sites for hydroxylation is 1. The third kappa shape index (κ3) is 4.32. The van der Waals surface area contributed by atoms with Gasteiger partial charge in [0.25, 0.3) is 17.5 Å². The Morgan fingerprint density at radius 3 is 2.16 bits per heavy atom. The standard InChI is InChI=1S/C25H19N3O4/c1-16-15-19(11-14-23(16)28(31)32)25(30)26-20-12-9-18(10-13-20)24(29)27-22-8-4-6-17-5-2-3-7-21(17)22/h2-15H,1H3,(H,26,30)(H,27,29). The van der Waals surface area contributed by atoms with Gasteiger partial charge in [-0.05, 0) is 54.8 Å². The number of nitrogens with one attached hydrogen (secondary N) is 2. The number of carbonyl (C=O) groups excluding carboxylic acids is 2. The number of carbonyl (C=O) groups is 2. The lowest BCUT2D eigenvalue weighted by atomic mass is 10.1. The summed E-state index contributed by atoms with van der Waals surface area (Å²) in [6, 6.07) is 24.2. The van der Waals surface area contributed by atoms with Crippen LogP contribution in [-0.2, 0) is 0 Å². The van der Waals surface area contributed by atoms with Crippen molar-refractivity contribution in [2.45, 2.75) is 6.92 Å². The molecule has 2 N–H and O–H groups in total. The first-order valence-corrected chi connectivity index (χ1v) is 9.88. The van der Waals surface area contributed by atoms with Gasteiger partial charge in [-0.3, -0.25) is 19.7 Å². The van der Waals surface area contributed by atoms with E-state index in [9.17, 15) is 19.7 Å². The average molecular weight is 425 g/mol. The number of benzene rings is 4. The maximum atomic E-state index is 12.7. The van der Waals surface area contributed by atoms with Crippen LogP contribution in [0.1, 0.15) is 26.3 Å². The summed E-state index contributed by atoms with van der Waals surface area (Å²) in [7, 11) is 0. The highest BCUT2D eigenvalue weighted by Crippen LogP contribution is 2.24. The van der Waals surface area contributed by atoms with E-state index < -0.39 is 10.8 Å². The third-order valence-corrected chi connectivity index (χ3v) is 5.10. The summed E-state index contributed by atoms with van der Waals surface area (Å²) in [6.45, 7) is 1.58. The van der Waals surface area contributed by atoms with Crippen LogP contribution in [0, 0.1) is 17.0 Å². The van der Waals surface area contributed by atoms with E-state index in [2.05, 4.69) is 10.6 Å². The second-order valence-corrected chi connectivity index (χ2v) is 7.27. The van der Waals surface area contributed by atoms with Crippen molar-refractivity contribution in [3.8, 4) is 0 Å². The zero-order valence-electron chi connectivity index (χ0n) is 17.2. The van der Waals surface area contributed by atoms with Gasteiger partial charge in [0, 0.05) is 39.5 Å². The van der Waals surface area contributed by atoms with Crippen molar-refractivity contribution in [2.75, 3.05) is 10.6 Å². The van der Waals surface area contributed by atoms with Gasteiger partial charge in [0.2, 0.25) is 0 Å². The van der Waals surface area contributed by atoms with E-state index in [0.29, 0.717) is 22.4 Å². The highest BCUT2D eigenvalue weighted by Gasteiger charge is 2.14. The minimum Gasteiger partial charge on any atom is -0.322 e. The molecule has 0 saturated heterocycles. The Morgan fingerprint density at radius 1 is 0.781 bits per heavy atom. The van der Waals surface area contributed by atoms with E-state index >= 15 is 0 Å². The molecule has 0 atom stereocenters. The highest BCUT2D eigenvalue weighted by molar-refractivity contribution is 6.09. The van der Waals surface area contributed by atoms with E-state index in [4.69, 9.17) is 0 Å². The monoisotopic (exact) mass is 425 g/mol. The van der Waals surface area contributed by atoms with E-state index in [0.717, 1.165) is 16.5 Å². The second-order valence-electron chi connectivity index (χ2n) is 7.27. The van der Waals surface area contributed by atoms with Crippen molar-refractivity contribution in [1.82, 2.24) is 0 Å². The molecular formula is C25H19N3O4. The molecular weight excluding hydrogens is 406 g/mol. The number of nitro benzene ring substituents is 1. The molecule has 0 aliphatic carbocycles. The van der Waals surface area contributed by atoms with Crippen LogP contribution in [0.2, 0.25) is 0 Å². The molecule has 0 radical (unpaired) electrons. The maximum Gasteiger partial charge on any atom is 0.272 e. The number of hydrogen-bond acceptors (Lipinski definition) is 4. The summed E-state index contributed by atoms with van der Waals surface area (Å²) in [5.74, 6) is -0.652. The zero-order chi connectivity index (χ0) is 22.7. The maximum absolute atomic E-state index is 12.7. The molecule has 4 rings (SSSR count). The lowest BCUT2D eigenvalue weighted by molar-refractivity contribution is -0.385. The fourth-order valence-electron chi connectivity index (χ4n) is 3.44. The molecule has 158 valence electrons. The van der Waals surface area contributed by atoms with Crippen LogP contribution in [0.3, 0.4) is 0 Å². The molecule has 0 saturated carbocycles. The summed E-state index contributed by atoms with van der Waals surface area (Å²) in [6.07, 6.45) is 0. The minimum absolute atomic E-state index is 0.0388. The smallest absolute Gasteiger partial charge is 0.272 e. The van der Waals surface area contributed by atoms with E-state index in [1.54, 1.807) is 31.2 Å². The summed E-state index contributed by atoms with van der Waals surface area (Å²) in [5, 5.41) is 18.6. The Bertz CT molecular complexity index is 1340. The van der Waals surface area contributed by atoms with Crippen LogP contribution in [0.15, 0.2) is 84.9 Å². The number of fused-ring (bicyclic) bond motifs is 1. The van der Waals surface area contributed by atoms with E-state index in [1.807, 2.05) is 42.5 Å². The predicted octanol–water partition coefficient (Wildman–Crippen LogP) is 5.56. The van der Waals surface area contributed by atoms with Gasteiger partial charge < -0.3 is 10.6 Å². The van der Waals surface area contributed by atoms with Gasteiger partial charge in [0.1, 0.15) is 0 Å². The van der Waals surface area contributed by atoms with Crippen LogP contribution in [-0.4, -0.2) is 16.7 Å². The molecule has 7 heteroatoms. The molecule has 2 amide bonds. The molecule has 0 aliphatic rings. The number of nitrogens with zero attached hydrogens (tertiary/aromatic N) is 1. The summed E-state index contributed by atoms with van der Waals surface area (Å²) in [5.41, 5.74) is 2.35. The van der Waals surface area contributed by atoms with E-state index in [1.165, 1.54) is 18.2 Å². The molecule has 0 aromatic heterocycles. The third-order valence-electron chi connectivity index (χ3n) is 5.10. The quantitative estimate of drug-likeness (QED) is 0.323. The Hall–Kier alpha value is -4.52. The average Bonchev–Trinajstić information content (AvgIpc) is 2.79. The molecule has 7 nitrogen and oxygen atoms in total. The van der Waals surface area contributed by atoms with Gasteiger partial charge >= 0.3 is 0 Å². The van der Waals surface area contributed by atoms with Crippen LogP contribution in [0.25, 0.3) is 10.8 Å². The summed E-state index contributed by atoms with van der Waals surface area (Å²) < 4.78 is 0. The number of hydrogen-bond donors (Lipinski definition) is 2. The number of rotatable bonds is 5.